The Morgan fingerprint density at radius 1 is 1.04 bits per heavy atom. The summed E-state index contributed by atoms with van der Waals surface area (Å²) in [5.41, 5.74) is 4.78. The summed E-state index contributed by atoms with van der Waals surface area (Å²) in [5.74, 6) is 2.91. The Bertz CT molecular complexity index is 883. The number of nitrogens with zero attached hydrogens (tertiary/aromatic N) is 2. The van der Waals surface area contributed by atoms with Crippen molar-refractivity contribution in [2.24, 2.45) is 17.8 Å². The first-order chi connectivity index (χ1) is 12.3. The number of hydrogen-bond acceptors (Lipinski definition) is 1. The molecule has 128 valence electrons. The van der Waals surface area contributed by atoms with E-state index in [1.165, 1.54) is 55.0 Å². The normalized spacial score (nSPS) is 33.4. The van der Waals surface area contributed by atoms with Crippen molar-refractivity contribution < 1.29 is 0 Å². The minimum atomic E-state index is 0.406. The highest BCUT2D eigenvalue weighted by atomic mass is 15.0. The van der Waals surface area contributed by atoms with Gasteiger partial charge >= 0.3 is 0 Å². The van der Waals surface area contributed by atoms with Crippen LogP contribution in [-0.2, 0) is 12.0 Å². The fourth-order valence-electron chi connectivity index (χ4n) is 6.80. The molecule has 4 aliphatic rings. The van der Waals surface area contributed by atoms with E-state index in [0.717, 1.165) is 24.3 Å². The quantitative estimate of drug-likeness (QED) is 0.729. The molecule has 3 aromatic rings. The molecule has 3 heteroatoms. The van der Waals surface area contributed by atoms with Crippen LogP contribution in [0, 0.1) is 17.8 Å². The SMILES string of the molecule is c1ccc2c(Cn3ccnc3)c(C34CC5CC(CC(C5)C3)C4)[nH]c2c1. The molecule has 0 saturated heterocycles. The van der Waals surface area contributed by atoms with Crippen LogP contribution in [-0.4, -0.2) is 14.5 Å². The van der Waals surface area contributed by atoms with Crippen molar-refractivity contribution in [3.63, 3.8) is 0 Å². The first-order valence-corrected chi connectivity index (χ1v) is 9.85. The van der Waals surface area contributed by atoms with Crippen LogP contribution in [0.1, 0.15) is 49.8 Å². The van der Waals surface area contributed by atoms with Gasteiger partial charge in [-0.15, -0.1) is 0 Å². The van der Waals surface area contributed by atoms with Crippen LogP contribution in [0.25, 0.3) is 10.9 Å². The molecule has 0 spiro atoms. The first-order valence-electron chi connectivity index (χ1n) is 9.85. The van der Waals surface area contributed by atoms with Crippen molar-refractivity contribution in [1.82, 2.24) is 14.5 Å². The molecular weight excluding hydrogens is 306 g/mol. The van der Waals surface area contributed by atoms with Gasteiger partial charge < -0.3 is 9.55 Å². The second kappa shape index (κ2) is 5.00. The van der Waals surface area contributed by atoms with Crippen LogP contribution in [0.4, 0.5) is 0 Å². The number of benzene rings is 1. The Morgan fingerprint density at radius 3 is 2.44 bits per heavy atom. The van der Waals surface area contributed by atoms with Gasteiger partial charge in [-0.05, 0) is 62.3 Å². The Balaban J connectivity index is 1.53. The third-order valence-corrected chi connectivity index (χ3v) is 7.28. The van der Waals surface area contributed by atoms with E-state index < -0.39 is 0 Å². The van der Waals surface area contributed by atoms with Crippen molar-refractivity contribution >= 4 is 10.9 Å². The number of aromatic nitrogens is 3. The number of fused-ring (bicyclic) bond motifs is 1. The van der Waals surface area contributed by atoms with Gasteiger partial charge in [0.25, 0.3) is 0 Å². The fourth-order valence-corrected chi connectivity index (χ4v) is 6.80. The summed E-state index contributed by atoms with van der Waals surface area (Å²) < 4.78 is 2.22. The van der Waals surface area contributed by atoms with Gasteiger partial charge in [0, 0.05) is 40.0 Å². The number of rotatable bonds is 3. The lowest BCUT2D eigenvalue weighted by Crippen LogP contribution is -2.49. The zero-order chi connectivity index (χ0) is 16.4. The second-order valence-electron chi connectivity index (χ2n) is 8.96. The molecule has 0 aliphatic heterocycles. The number of imidazole rings is 1. The minimum Gasteiger partial charge on any atom is -0.358 e. The number of H-pyrrole nitrogens is 1. The smallest absolute Gasteiger partial charge is 0.0949 e. The Labute approximate surface area is 148 Å². The molecule has 7 rings (SSSR count). The van der Waals surface area contributed by atoms with Crippen LogP contribution in [0.2, 0.25) is 0 Å². The summed E-state index contributed by atoms with van der Waals surface area (Å²) in [6.07, 6.45) is 14.6. The lowest BCUT2D eigenvalue weighted by Gasteiger charge is -2.56. The zero-order valence-electron chi connectivity index (χ0n) is 14.6. The van der Waals surface area contributed by atoms with Gasteiger partial charge in [-0.3, -0.25) is 0 Å². The standard InChI is InChI=1S/C22H25N3/c1-2-4-20-18(3-1)19(13-25-6-5-23-14-25)21(24-20)22-10-15-7-16(11-22)9-17(8-15)12-22/h1-6,14-17,24H,7-13H2. The van der Waals surface area contributed by atoms with Gasteiger partial charge in [-0.25, -0.2) is 4.98 Å². The molecule has 2 aromatic heterocycles. The molecule has 0 atom stereocenters. The van der Waals surface area contributed by atoms with Crippen LogP contribution in [0.3, 0.4) is 0 Å². The highest BCUT2D eigenvalue weighted by Gasteiger charge is 2.53. The number of aromatic amines is 1. The van der Waals surface area contributed by atoms with Crippen molar-refractivity contribution in [1.29, 1.82) is 0 Å². The van der Waals surface area contributed by atoms with Crippen molar-refractivity contribution in [3.05, 3.63) is 54.2 Å². The second-order valence-corrected chi connectivity index (χ2v) is 8.96. The minimum absolute atomic E-state index is 0.406. The van der Waals surface area contributed by atoms with Gasteiger partial charge in [0.1, 0.15) is 0 Å². The fraction of sp³-hybridized carbons (Fsp3) is 0.500. The van der Waals surface area contributed by atoms with E-state index in [2.05, 4.69) is 45.0 Å². The Hall–Kier alpha value is -2.03. The van der Waals surface area contributed by atoms with E-state index in [4.69, 9.17) is 0 Å². The molecule has 4 fully saturated rings. The van der Waals surface area contributed by atoms with Gasteiger partial charge in [0.05, 0.1) is 12.9 Å². The predicted octanol–water partition coefficient (Wildman–Crippen LogP) is 4.88. The molecule has 1 N–H and O–H groups in total. The third-order valence-electron chi connectivity index (χ3n) is 7.28. The van der Waals surface area contributed by atoms with Crippen molar-refractivity contribution in [3.8, 4) is 0 Å². The molecule has 4 bridgehead atoms. The van der Waals surface area contributed by atoms with Crippen LogP contribution < -0.4 is 0 Å². The molecule has 2 heterocycles. The maximum Gasteiger partial charge on any atom is 0.0949 e. The maximum absolute atomic E-state index is 4.26. The molecule has 3 nitrogen and oxygen atoms in total. The third kappa shape index (κ3) is 2.08. The van der Waals surface area contributed by atoms with Gasteiger partial charge in [-0.1, -0.05) is 18.2 Å². The van der Waals surface area contributed by atoms with E-state index in [9.17, 15) is 0 Å². The van der Waals surface area contributed by atoms with Crippen molar-refractivity contribution in [2.45, 2.75) is 50.5 Å². The molecule has 1 aromatic carbocycles. The monoisotopic (exact) mass is 331 g/mol. The molecule has 25 heavy (non-hydrogen) atoms. The van der Waals surface area contributed by atoms with E-state index >= 15 is 0 Å². The molecular formula is C22H25N3. The van der Waals surface area contributed by atoms with Gasteiger partial charge in [-0.2, -0.15) is 0 Å². The summed E-state index contributed by atoms with van der Waals surface area (Å²) in [7, 11) is 0. The molecule has 0 amide bonds. The number of hydrogen-bond donors (Lipinski definition) is 1. The van der Waals surface area contributed by atoms with Gasteiger partial charge in [0.15, 0.2) is 0 Å². The Morgan fingerprint density at radius 2 is 1.76 bits per heavy atom. The average molecular weight is 331 g/mol. The average Bonchev–Trinajstić information content (AvgIpc) is 3.23. The van der Waals surface area contributed by atoms with Crippen LogP contribution in [0.15, 0.2) is 43.0 Å². The predicted molar refractivity (Wildman–Crippen MR) is 99.5 cm³/mol. The maximum atomic E-state index is 4.26. The van der Waals surface area contributed by atoms with Gasteiger partial charge in [0.2, 0.25) is 0 Å². The largest absolute Gasteiger partial charge is 0.358 e. The lowest BCUT2D eigenvalue weighted by atomic mass is 9.48. The number of para-hydroxylation sites is 1. The van der Waals surface area contributed by atoms with Crippen LogP contribution in [0.5, 0.6) is 0 Å². The summed E-state index contributed by atoms with van der Waals surface area (Å²) in [6, 6.07) is 8.87. The highest BCUT2D eigenvalue weighted by molar-refractivity contribution is 5.85. The van der Waals surface area contributed by atoms with E-state index in [-0.39, 0.29) is 0 Å². The highest BCUT2D eigenvalue weighted by Crippen LogP contribution is 2.61. The zero-order valence-corrected chi connectivity index (χ0v) is 14.6. The molecule has 0 unspecified atom stereocenters. The number of nitrogens with one attached hydrogen (secondary N) is 1. The summed E-state index contributed by atoms with van der Waals surface area (Å²) in [6.45, 7) is 0.932. The summed E-state index contributed by atoms with van der Waals surface area (Å²) in [4.78, 5) is 8.16. The Kier molecular flexibility index (Phi) is 2.83. The molecule has 4 saturated carbocycles. The van der Waals surface area contributed by atoms with Crippen LogP contribution >= 0.6 is 0 Å². The van der Waals surface area contributed by atoms with E-state index in [0.29, 0.717) is 5.41 Å². The van der Waals surface area contributed by atoms with E-state index in [1.54, 1.807) is 5.69 Å². The summed E-state index contributed by atoms with van der Waals surface area (Å²) in [5, 5.41) is 1.40. The lowest BCUT2D eigenvalue weighted by molar-refractivity contribution is -0.00729. The molecule has 0 radical (unpaired) electrons. The summed E-state index contributed by atoms with van der Waals surface area (Å²) >= 11 is 0. The molecule has 4 aliphatic carbocycles. The first kappa shape index (κ1) is 14.2. The van der Waals surface area contributed by atoms with Crippen molar-refractivity contribution in [2.75, 3.05) is 0 Å². The topological polar surface area (TPSA) is 33.6 Å². The van der Waals surface area contributed by atoms with E-state index in [1.807, 2.05) is 12.5 Å².